The van der Waals surface area contributed by atoms with Crippen molar-refractivity contribution in [2.45, 2.75) is 39.5 Å². The predicted octanol–water partition coefficient (Wildman–Crippen LogP) is 4.27. The van der Waals surface area contributed by atoms with E-state index in [0.29, 0.717) is 18.0 Å². The second-order valence-corrected chi connectivity index (χ2v) is 6.32. The summed E-state index contributed by atoms with van der Waals surface area (Å²) in [6.07, 6.45) is 1.26. The van der Waals surface area contributed by atoms with E-state index in [4.69, 9.17) is 0 Å². The average molecular weight is 338 g/mol. The largest absolute Gasteiger partial charge is 0.352 e. The minimum Gasteiger partial charge on any atom is -0.352 e. The lowest BCUT2D eigenvalue weighted by Crippen LogP contribution is -2.27. The molecular weight excluding hydrogens is 312 g/mol. The van der Waals surface area contributed by atoms with Crippen LogP contribution in [0.25, 0.3) is 0 Å². The maximum absolute atomic E-state index is 12.2. The molecule has 0 spiro atoms. The first kappa shape index (κ1) is 18.7. The average Bonchev–Trinajstić information content (AvgIpc) is 2.61. The van der Waals surface area contributed by atoms with Crippen molar-refractivity contribution in [1.29, 1.82) is 0 Å². The molecule has 1 atom stereocenters. The van der Waals surface area contributed by atoms with Crippen LogP contribution in [-0.2, 0) is 4.79 Å². The van der Waals surface area contributed by atoms with Gasteiger partial charge in [-0.05, 0) is 43.0 Å². The highest BCUT2D eigenvalue weighted by atomic mass is 16.2. The molecule has 132 valence electrons. The Morgan fingerprint density at radius 2 is 1.84 bits per heavy atom. The summed E-state index contributed by atoms with van der Waals surface area (Å²) in [5.41, 5.74) is 3.64. The van der Waals surface area contributed by atoms with Gasteiger partial charge in [0.25, 0.3) is 5.91 Å². The number of anilines is 1. The quantitative estimate of drug-likeness (QED) is 0.792. The lowest BCUT2D eigenvalue weighted by molar-refractivity contribution is -0.116. The molecule has 2 rings (SSSR count). The third-order valence-corrected chi connectivity index (χ3v) is 4.30. The third-order valence-electron chi connectivity index (χ3n) is 4.30. The van der Waals surface area contributed by atoms with Gasteiger partial charge >= 0.3 is 0 Å². The van der Waals surface area contributed by atoms with E-state index < -0.39 is 0 Å². The van der Waals surface area contributed by atoms with Crippen LogP contribution in [0.5, 0.6) is 0 Å². The maximum Gasteiger partial charge on any atom is 0.251 e. The van der Waals surface area contributed by atoms with Crippen molar-refractivity contribution in [3.63, 3.8) is 0 Å². The Morgan fingerprint density at radius 3 is 2.56 bits per heavy atom. The summed E-state index contributed by atoms with van der Waals surface area (Å²) >= 11 is 0. The Morgan fingerprint density at radius 1 is 1.08 bits per heavy atom. The first-order valence-corrected chi connectivity index (χ1v) is 8.75. The van der Waals surface area contributed by atoms with Crippen LogP contribution < -0.4 is 10.6 Å². The molecule has 4 heteroatoms. The molecule has 0 aliphatic heterocycles. The van der Waals surface area contributed by atoms with Gasteiger partial charge in [0.1, 0.15) is 0 Å². The molecule has 0 fully saturated rings. The highest BCUT2D eigenvalue weighted by molar-refractivity contribution is 5.95. The molecule has 2 aromatic carbocycles. The molecule has 0 aromatic heterocycles. The van der Waals surface area contributed by atoms with Crippen LogP contribution in [0.3, 0.4) is 0 Å². The summed E-state index contributed by atoms with van der Waals surface area (Å²) in [6, 6.07) is 15.3. The number of carbonyl (C=O) groups is 2. The molecule has 0 saturated heterocycles. The van der Waals surface area contributed by atoms with Gasteiger partial charge < -0.3 is 10.6 Å². The number of benzene rings is 2. The minimum absolute atomic E-state index is 0.0969. The molecule has 0 bridgehead atoms. The number of hydrogen-bond donors (Lipinski definition) is 2. The van der Waals surface area contributed by atoms with E-state index in [2.05, 4.69) is 24.5 Å². The standard InChI is InChI=1S/C21H26N2O2/c1-4-16(3)18-10-5-6-11-19(18)23-20(24)12-13-22-21(25)17-9-7-8-15(2)14-17/h5-11,14,16H,4,12-13H2,1-3H3,(H,22,25)(H,23,24). The fourth-order valence-electron chi connectivity index (χ4n) is 2.65. The van der Waals surface area contributed by atoms with Gasteiger partial charge in [0.2, 0.25) is 5.91 Å². The maximum atomic E-state index is 12.2. The van der Waals surface area contributed by atoms with Crippen LogP contribution in [-0.4, -0.2) is 18.4 Å². The normalized spacial score (nSPS) is 11.6. The van der Waals surface area contributed by atoms with Crippen molar-refractivity contribution in [3.05, 3.63) is 65.2 Å². The molecular formula is C21H26N2O2. The Kier molecular flexibility index (Phi) is 6.75. The molecule has 2 aromatic rings. The van der Waals surface area contributed by atoms with Gasteiger partial charge in [0.05, 0.1) is 0 Å². The van der Waals surface area contributed by atoms with Crippen LogP contribution in [0.1, 0.15) is 54.1 Å². The van der Waals surface area contributed by atoms with Crippen molar-refractivity contribution in [2.75, 3.05) is 11.9 Å². The van der Waals surface area contributed by atoms with Crippen LogP contribution in [0.15, 0.2) is 48.5 Å². The third kappa shape index (κ3) is 5.45. The van der Waals surface area contributed by atoms with Gasteiger partial charge in [-0.2, -0.15) is 0 Å². The molecule has 0 aliphatic carbocycles. The molecule has 2 N–H and O–H groups in total. The van der Waals surface area contributed by atoms with Crippen LogP contribution >= 0.6 is 0 Å². The fraction of sp³-hybridized carbons (Fsp3) is 0.333. The van der Waals surface area contributed by atoms with Gasteiger partial charge in [-0.3, -0.25) is 9.59 Å². The Hall–Kier alpha value is -2.62. The van der Waals surface area contributed by atoms with E-state index in [0.717, 1.165) is 23.2 Å². The monoisotopic (exact) mass is 338 g/mol. The summed E-state index contributed by atoms with van der Waals surface area (Å²) < 4.78 is 0. The molecule has 4 nitrogen and oxygen atoms in total. The smallest absolute Gasteiger partial charge is 0.251 e. The predicted molar refractivity (Wildman–Crippen MR) is 102 cm³/mol. The summed E-state index contributed by atoms with van der Waals surface area (Å²) in [5.74, 6) is 0.134. The van der Waals surface area contributed by atoms with Crippen LogP contribution in [0.2, 0.25) is 0 Å². The zero-order valence-electron chi connectivity index (χ0n) is 15.1. The van der Waals surface area contributed by atoms with Gasteiger partial charge in [0, 0.05) is 24.2 Å². The zero-order chi connectivity index (χ0) is 18.2. The molecule has 0 radical (unpaired) electrons. The number of para-hydroxylation sites is 1. The first-order valence-electron chi connectivity index (χ1n) is 8.75. The number of rotatable bonds is 7. The second-order valence-electron chi connectivity index (χ2n) is 6.32. The SMILES string of the molecule is CCC(C)c1ccccc1NC(=O)CCNC(=O)c1cccc(C)c1. The van der Waals surface area contributed by atoms with Crippen LogP contribution in [0.4, 0.5) is 5.69 Å². The lowest BCUT2D eigenvalue weighted by Gasteiger charge is -2.15. The summed E-state index contributed by atoms with van der Waals surface area (Å²) in [6.45, 7) is 6.53. The fourth-order valence-corrected chi connectivity index (χ4v) is 2.65. The van der Waals surface area contributed by atoms with Crippen LogP contribution in [0, 0.1) is 6.92 Å². The van der Waals surface area contributed by atoms with E-state index in [9.17, 15) is 9.59 Å². The van der Waals surface area contributed by atoms with Gasteiger partial charge in [0.15, 0.2) is 0 Å². The van der Waals surface area contributed by atoms with E-state index in [1.807, 2.05) is 49.4 Å². The van der Waals surface area contributed by atoms with E-state index in [1.54, 1.807) is 6.07 Å². The highest BCUT2D eigenvalue weighted by Gasteiger charge is 2.11. The Labute approximate surface area is 149 Å². The number of nitrogens with one attached hydrogen (secondary N) is 2. The summed E-state index contributed by atoms with van der Waals surface area (Å²) in [4.78, 5) is 24.3. The minimum atomic E-state index is -0.156. The van der Waals surface area contributed by atoms with Gasteiger partial charge in [-0.15, -0.1) is 0 Å². The molecule has 0 saturated carbocycles. The lowest BCUT2D eigenvalue weighted by atomic mass is 9.97. The molecule has 0 aliphatic rings. The van der Waals surface area contributed by atoms with Crippen molar-refractivity contribution in [2.24, 2.45) is 0 Å². The van der Waals surface area contributed by atoms with Crippen molar-refractivity contribution in [3.8, 4) is 0 Å². The van der Waals surface area contributed by atoms with Gasteiger partial charge in [-0.25, -0.2) is 0 Å². The van der Waals surface area contributed by atoms with Crippen molar-refractivity contribution >= 4 is 17.5 Å². The molecule has 0 heterocycles. The number of hydrogen-bond acceptors (Lipinski definition) is 2. The van der Waals surface area contributed by atoms with Crippen molar-refractivity contribution < 1.29 is 9.59 Å². The molecule has 2 amide bonds. The second kappa shape index (κ2) is 9.02. The number of carbonyl (C=O) groups excluding carboxylic acids is 2. The Bertz CT molecular complexity index is 740. The Balaban J connectivity index is 1.86. The molecule has 1 unspecified atom stereocenters. The van der Waals surface area contributed by atoms with E-state index in [1.165, 1.54) is 0 Å². The van der Waals surface area contributed by atoms with E-state index >= 15 is 0 Å². The van der Waals surface area contributed by atoms with E-state index in [-0.39, 0.29) is 18.2 Å². The van der Waals surface area contributed by atoms with Gasteiger partial charge in [-0.1, -0.05) is 49.7 Å². The highest BCUT2D eigenvalue weighted by Crippen LogP contribution is 2.26. The topological polar surface area (TPSA) is 58.2 Å². The zero-order valence-corrected chi connectivity index (χ0v) is 15.1. The number of aryl methyl sites for hydroxylation is 1. The molecule has 25 heavy (non-hydrogen) atoms. The number of amides is 2. The summed E-state index contributed by atoms with van der Waals surface area (Å²) in [7, 11) is 0. The first-order chi connectivity index (χ1) is 12.0. The van der Waals surface area contributed by atoms with Crippen molar-refractivity contribution in [1.82, 2.24) is 5.32 Å². The summed E-state index contributed by atoms with van der Waals surface area (Å²) in [5, 5.41) is 5.75.